The Hall–Kier alpha value is -2.95. The molecule has 3 aromatic heterocycles. The second-order valence-corrected chi connectivity index (χ2v) is 4.21. The first-order chi connectivity index (χ1) is 9.75. The van der Waals surface area contributed by atoms with Gasteiger partial charge in [0.2, 0.25) is 0 Å². The molecule has 5 nitrogen and oxygen atoms in total. The summed E-state index contributed by atoms with van der Waals surface area (Å²) >= 11 is 0. The molecule has 0 fully saturated rings. The zero-order valence-corrected chi connectivity index (χ0v) is 10.5. The van der Waals surface area contributed by atoms with Crippen molar-refractivity contribution in [3.63, 3.8) is 0 Å². The summed E-state index contributed by atoms with van der Waals surface area (Å²) in [5.74, 6) is -0.989. The maximum atomic E-state index is 10.8. The van der Waals surface area contributed by atoms with E-state index in [1.165, 1.54) is 0 Å². The van der Waals surface area contributed by atoms with Crippen LogP contribution in [0.2, 0.25) is 0 Å². The van der Waals surface area contributed by atoms with Crippen LogP contribution in [-0.2, 0) is 4.79 Å². The van der Waals surface area contributed by atoms with Crippen LogP contribution in [0.5, 0.6) is 0 Å². The molecular weight excluding hydrogens is 254 g/mol. The van der Waals surface area contributed by atoms with E-state index in [-0.39, 0.29) is 0 Å². The van der Waals surface area contributed by atoms with Gasteiger partial charge in [0.05, 0.1) is 5.52 Å². The fourth-order valence-electron chi connectivity index (χ4n) is 2.05. The number of hydrogen-bond donors (Lipinski definition) is 1. The quantitative estimate of drug-likeness (QED) is 0.739. The highest BCUT2D eigenvalue weighted by Crippen LogP contribution is 2.26. The summed E-state index contributed by atoms with van der Waals surface area (Å²) < 4.78 is 1.73. The molecule has 0 saturated heterocycles. The third-order valence-electron chi connectivity index (χ3n) is 2.91. The first kappa shape index (κ1) is 12.1. The van der Waals surface area contributed by atoms with E-state index in [9.17, 15) is 4.79 Å². The van der Waals surface area contributed by atoms with Gasteiger partial charge < -0.3 is 5.11 Å². The van der Waals surface area contributed by atoms with Crippen molar-refractivity contribution in [2.75, 3.05) is 0 Å². The Labute approximate surface area is 114 Å². The maximum absolute atomic E-state index is 10.8. The third-order valence-corrected chi connectivity index (χ3v) is 2.91. The fraction of sp³-hybridized carbons (Fsp3) is 0. The lowest BCUT2D eigenvalue weighted by molar-refractivity contribution is -0.131. The van der Waals surface area contributed by atoms with Gasteiger partial charge >= 0.3 is 5.97 Å². The Morgan fingerprint density at radius 1 is 1.25 bits per heavy atom. The molecule has 0 aliphatic carbocycles. The molecule has 98 valence electrons. The second kappa shape index (κ2) is 4.97. The summed E-state index contributed by atoms with van der Waals surface area (Å²) in [6, 6.07) is 9.38. The number of fused-ring (bicyclic) bond motifs is 1. The molecule has 0 bridgehead atoms. The van der Waals surface area contributed by atoms with Gasteiger partial charge in [-0.3, -0.25) is 4.98 Å². The van der Waals surface area contributed by atoms with Crippen LogP contribution in [0.3, 0.4) is 0 Å². The van der Waals surface area contributed by atoms with Crippen molar-refractivity contribution in [3.8, 4) is 11.3 Å². The molecular formula is C15H11N3O2. The normalized spacial score (nSPS) is 11.2. The first-order valence-electron chi connectivity index (χ1n) is 6.04. The topological polar surface area (TPSA) is 67.5 Å². The van der Waals surface area contributed by atoms with Crippen LogP contribution in [0, 0.1) is 0 Å². The van der Waals surface area contributed by atoms with Gasteiger partial charge in [-0.15, -0.1) is 0 Å². The number of rotatable bonds is 3. The molecule has 0 unspecified atom stereocenters. The molecule has 0 amide bonds. The summed E-state index contributed by atoms with van der Waals surface area (Å²) in [6.07, 6.45) is 7.90. The number of carboxylic acid groups (broad SMARTS) is 1. The Bertz CT molecular complexity index is 791. The van der Waals surface area contributed by atoms with Crippen LogP contribution >= 0.6 is 0 Å². The van der Waals surface area contributed by atoms with Gasteiger partial charge in [0.25, 0.3) is 0 Å². The van der Waals surface area contributed by atoms with Crippen molar-refractivity contribution >= 4 is 17.6 Å². The van der Waals surface area contributed by atoms with Crippen LogP contribution in [0.4, 0.5) is 0 Å². The Morgan fingerprint density at radius 2 is 2.15 bits per heavy atom. The van der Waals surface area contributed by atoms with E-state index in [1.54, 1.807) is 23.0 Å². The van der Waals surface area contributed by atoms with Crippen LogP contribution in [-0.4, -0.2) is 25.7 Å². The Kier molecular flexibility index (Phi) is 3.01. The van der Waals surface area contributed by atoms with Gasteiger partial charge in [-0.25, -0.2) is 9.31 Å². The number of carboxylic acids is 1. The van der Waals surface area contributed by atoms with E-state index >= 15 is 0 Å². The summed E-state index contributed by atoms with van der Waals surface area (Å²) in [5.41, 5.74) is 3.17. The largest absolute Gasteiger partial charge is 0.478 e. The van der Waals surface area contributed by atoms with Gasteiger partial charge in [0.15, 0.2) is 0 Å². The van der Waals surface area contributed by atoms with Crippen molar-refractivity contribution in [2.24, 2.45) is 0 Å². The van der Waals surface area contributed by atoms with Crippen LogP contribution < -0.4 is 0 Å². The Morgan fingerprint density at radius 3 is 2.90 bits per heavy atom. The molecule has 1 N–H and O–H groups in total. The summed E-state index contributed by atoms with van der Waals surface area (Å²) in [5, 5.41) is 13.3. The molecule has 0 spiro atoms. The lowest BCUT2D eigenvalue weighted by Gasteiger charge is -1.97. The number of carbonyl (C=O) groups is 1. The number of nitrogens with zero attached hydrogens (tertiary/aromatic N) is 3. The molecule has 0 saturated carbocycles. The highest BCUT2D eigenvalue weighted by atomic mass is 16.4. The van der Waals surface area contributed by atoms with Gasteiger partial charge in [-0.05, 0) is 30.3 Å². The van der Waals surface area contributed by atoms with E-state index in [2.05, 4.69) is 10.1 Å². The summed E-state index contributed by atoms with van der Waals surface area (Å²) in [6.45, 7) is 0. The van der Waals surface area contributed by atoms with Crippen molar-refractivity contribution in [1.82, 2.24) is 14.6 Å². The fourth-order valence-corrected chi connectivity index (χ4v) is 2.05. The SMILES string of the molecule is O=C(O)C=Cc1c(-c2cccnc2)nn2ccccc12. The van der Waals surface area contributed by atoms with Gasteiger partial charge in [0, 0.05) is 35.8 Å². The average Bonchev–Trinajstić information content (AvgIpc) is 2.84. The van der Waals surface area contributed by atoms with E-state index in [0.29, 0.717) is 5.69 Å². The minimum atomic E-state index is -0.989. The molecule has 0 radical (unpaired) electrons. The molecule has 20 heavy (non-hydrogen) atoms. The lowest BCUT2D eigenvalue weighted by atomic mass is 10.1. The zero-order chi connectivity index (χ0) is 13.9. The molecule has 5 heteroatoms. The van der Waals surface area contributed by atoms with Crippen molar-refractivity contribution < 1.29 is 9.90 Å². The van der Waals surface area contributed by atoms with E-state index in [4.69, 9.17) is 5.11 Å². The molecule has 0 aromatic carbocycles. The highest BCUT2D eigenvalue weighted by Gasteiger charge is 2.12. The summed E-state index contributed by atoms with van der Waals surface area (Å²) in [7, 11) is 0. The number of aliphatic carboxylic acids is 1. The molecule has 0 atom stereocenters. The second-order valence-electron chi connectivity index (χ2n) is 4.21. The Balaban J connectivity index is 2.25. The molecule has 0 aliphatic heterocycles. The summed E-state index contributed by atoms with van der Waals surface area (Å²) in [4.78, 5) is 14.8. The molecule has 3 rings (SSSR count). The zero-order valence-electron chi connectivity index (χ0n) is 10.5. The third kappa shape index (κ3) is 2.16. The molecule has 3 aromatic rings. The van der Waals surface area contributed by atoms with Crippen molar-refractivity contribution in [1.29, 1.82) is 0 Å². The lowest BCUT2D eigenvalue weighted by Crippen LogP contribution is -1.87. The number of pyridine rings is 2. The van der Waals surface area contributed by atoms with Crippen LogP contribution in [0.1, 0.15) is 5.56 Å². The van der Waals surface area contributed by atoms with Gasteiger partial charge in [0.1, 0.15) is 5.69 Å². The molecule has 3 heterocycles. The predicted molar refractivity (Wildman–Crippen MR) is 75.1 cm³/mol. The van der Waals surface area contributed by atoms with Gasteiger partial charge in [-0.2, -0.15) is 5.10 Å². The van der Waals surface area contributed by atoms with Crippen LogP contribution in [0.25, 0.3) is 22.9 Å². The highest BCUT2D eigenvalue weighted by molar-refractivity contribution is 5.91. The predicted octanol–water partition coefficient (Wildman–Crippen LogP) is 2.49. The minimum Gasteiger partial charge on any atom is -0.478 e. The smallest absolute Gasteiger partial charge is 0.328 e. The minimum absolute atomic E-state index is 0.710. The van der Waals surface area contributed by atoms with Crippen LogP contribution in [0.15, 0.2) is 55.0 Å². The number of aromatic nitrogens is 3. The first-order valence-corrected chi connectivity index (χ1v) is 6.04. The van der Waals surface area contributed by atoms with E-state index in [1.807, 2.05) is 36.5 Å². The number of hydrogen-bond acceptors (Lipinski definition) is 3. The average molecular weight is 265 g/mol. The monoisotopic (exact) mass is 265 g/mol. The standard InChI is InChI=1S/C15H11N3O2/c19-14(20)7-6-12-13-5-1-2-9-18(13)17-15(12)11-4-3-8-16-10-11/h1-10H,(H,19,20). The maximum Gasteiger partial charge on any atom is 0.328 e. The molecule has 0 aliphatic rings. The van der Waals surface area contributed by atoms with Crippen molar-refractivity contribution in [2.45, 2.75) is 0 Å². The van der Waals surface area contributed by atoms with Crippen molar-refractivity contribution in [3.05, 3.63) is 60.6 Å². The van der Waals surface area contributed by atoms with E-state index in [0.717, 1.165) is 22.7 Å². The van der Waals surface area contributed by atoms with E-state index < -0.39 is 5.97 Å². The van der Waals surface area contributed by atoms with Gasteiger partial charge in [-0.1, -0.05) is 6.07 Å².